The molecular weight excluding hydrogens is 446 g/mol. The quantitative estimate of drug-likeness (QED) is 0.517. The molecule has 36 heavy (non-hydrogen) atoms. The van der Waals surface area contributed by atoms with Gasteiger partial charge in [-0.25, -0.2) is 4.79 Å². The highest BCUT2D eigenvalue weighted by Gasteiger charge is 2.45. The van der Waals surface area contributed by atoms with Gasteiger partial charge in [0.2, 0.25) is 0 Å². The van der Waals surface area contributed by atoms with Gasteiger partial charge >= 0.3 is 6.03 Å². The van der Waals surface area contributed by atoms with Crippen molar-refractivity contribution in [3.63, 3.8) is 0 Å². The zero-order valence-corrected chi connectivity index (χ0v) is 21.1. The Balaban J connectivity index is 1.24. The summed E-state index contributed by atoms with van der Waals surface area (Å²) < 4.78 is 0. The fourth-order valence-corrected chi connectivity index (χ4v) is 6.26. The van der Waals surface area contributed by atoms with E-state index in [1.165, 1.54) is 31.3 Å². The first-order valence-corrected chi connectivity index (χ1v) is 13.2. The van der Waals surface area contributed by atoms with Crippen LogP contribution in [0, 0.1) is 5.41 Å². The maximum absolute atomic E-state index is 12.3. The van der Waals surface area contributed by atoms with Gasteiger partial charge in [0.05, 0.1) is 0 Å². The van der Waals surface area contributed by atoms with E-state index in [2.05, 4.69) is 56.8 Å². The third-order valence-corrected chi connectivity index (χ3v) is 8.21. The van der Waals surface area contributed by atoms with Crippen LogP contribution in [-0.2, 0) is 6.54 Å². The number of nitrogens with zero attached hydrogens (tertiary/aromatic N) is 3. The molecule has 2 aromatic rings. The Morgan fingerprint density at radius 2 is 1.83 bits per heavy atom. The van der Waals surface area contributed by atoms with Gasteiger partial charge in [-0.2, -0.15) is 0 Å². The van der Waals surface area contributed by atoms with E-state index in [0.29, 0.717) is 6.54 Å². The summed E-state index contributed by atoms with van der Waals surface area (Å²) in [5.41, 5.74) is 5.45. The van der Waals surface area contributed by atoms with Crippen molar-refractivity contribution < 1.29 is 4.79 Å². The summed E-state index contributed by atoms with van der Waals surface area (Å²) in [4.78, 5) is 21.5. The van der Waals surface area contributed by atoms with Gasteiger partial charge in [-0.05, 0) is 86.3 Å². The zero-order chi connectivity index (χ0) is 25.0. The number of carbonyl (C=O) groups excluding carboxylic acids is 1. The van der Waals surface area contributed by atoms with E-state index in [1.54, 1.807) is 12.4 Å². The van der Waals surface area contributed by atoms with Gasteiger partial charge in [-0.1, -0.05) is 38.1 Å². The lowest BCUT2D eigenvalue weighted by atomic mass is 9.73. The van der Waals surface area contributed by atoms with Crippen molar-refractivity contribution in [2.45, 2.75) is 51.1 Å². The number of aromatic nitrogens is 1. The largest absolute Gasteiger partial charge is 0.340 e. The molecule has 6 nitrogen and oxygen atoms in total. The molecule has 0 atom stereocenters. The highest BCUT2D eigenvalue weighted by Crippen LogP contribution is 2.49. The van der Waals surface area contributed by atoms with Gasteiger partial charge in [-0.3, -0.25) is 4.98 Å². The molecule has 5 rings (SSSR count). The third kappa shape index (κ3) is 4.96. The van der Waals surface area contributed by atoms with Crippen LogP contribution in [0.4, 0.5) is 16.2 Å². The van der Waals surface area contributed by atoms with Gasteiger partial charge in [0.25, 0.3) is 0 Å². The van der Waals surface area contributed by atoms with Crippen molar-refractivity contribution in [2.75, 3.05) is 29.9 Å². The molecule has 1 aromatic heterocycles. The molecule has 6 heteroatoms. The molecule has 2 amide bonds. The van der Waals surface area contributed by atoms with Crippen molar-refractivity contribution in [2.24, 2.45) is 5.41 Å². The number of nitrogens with one attached hydrogen (secondary N) is 2. The molecule has 1 saturated heterocycles. The van der Waals surface area contributed by atoms with Gasteiger partial charge in [-0.15, -0.1) is 0 Å². The van der Waals surface area contributed by atoms with E-state index < -0.39 is 0 Å². The lowest BCUT2D eigenvalue weighted by Gasteiger charge is -2.43. The molecule has 2 aliphatic heterocycles. The summed E-state index contributed by atoms with van der Waals surface area (Å²) in [6, 6.07) is 12.4. The predicted molar refractivity (Wildman–Crippen MR) is 147 cm³/mol. The summed E-state index contributed by atoms with van der Waals surface area (Å²) in [6.45, 7) is 12.1. The maximum Gasteiger partial charge on any atom is 0.319 e. The Kier molecular flexibility index (Phi) is 7.23. The van der Waals surface area contributed by atoms with Crippen molar-refractivity contribution in [1.29, 1.82) is 0 Å². The van der Waals surface area contributed by atoms with Gasteiger partial charge in [0.1, 0.15) is 0 Å². The van der Waals surface area contributed by atoms with E-state index in [9.17, 15) is 4.79 Å². The molecule has 1 aliphatic carbocycles. The van der Waals surface area contributed by atoms with Crippen LogP contribution in [0.1, 0.15) is 44.1 Å². The van der Waals surface area contributed by atoms with Gasteiger partial charge < -0.3 is 20.4 Å². The van der Waals surface area contributed by atoms with Crippen molar-refractivity contribution in [3.05, 3.63) is 90.9 Å². The smallest absolute Gasteiger partial charge is 0.319 e. The van der Waals surface area contributed by atoms with Crippen LogP contribution in [0.5, 0.6) is 0 Å². The summed E-state index contributed by atoms with van der Waals surface area (Å²) >= 11 is 0. The van der Waals surface area contributed by atoms with E-state index in [1.807, 2.05) is 30.3 Å². The van der Waals surface area contributed by atoms with E-state index in [-0.39, 0.29) is 11.4 Å². The number of hydrogen-bond acceptors (Lipinski definition) is 4. The van der Waals surface area contributed by atoms with Gasteiger partial charge in [0.15, 0.2) is 0 Å². The Labute approximate surface area is 214 Å². The van der Waals surface area contributed by atoms with Crippen molar-refractivity contribution >= 4 is 17.4 Å². The van der Waals surface area contributed by atoms with E-state index in [4.69, 9.17) is 0 Å². The number of benzene rings is 1. The van der Waals surface area contributed by atoms with Crippen LogP contribution in [0.25, 0.3) is 0 Å². The molecule has 188 valence electrons. The number of hydrogen-bond donors (Lipinski definition) is 2. The van der Waals surface area contributed by atoms with Crippen molar-refractivity contribution in [3.8, 4) is 0 Å². The number of piperidine rings is 1. The summed E-state index contributed by atoms with van der Waals surface area (Å²) in [7, 11) is 0. The molecule has 2 fully saturated rings. The second kappa shape index (κ2) is 10.7. The van der Waals surface area contributed by atoms with E-state index >= 15 is 0 Å². The van der Waals surface area contributed by atoms with E-state index in [0.717, 1.165) is 61.2 Å². The summed E-state index contributed by atoms with van der Waals surface area (Å²) in [6.07, 6.45) is 15.3. The minimum atomic E-state index is -0.235. The van der Waals surface area contributed by atoms with Crippen LogP contribution in [0.15, 0.2) is 85.4 Å². The normalized spacial score (nSPS) is 20.1. The number of rotatable bonds is 7. The van der Waals surface area contributed by atoms with Crippen LogP contribution in [0.2, 0.25) is 0 Å². The topological polar surface area (TPSA) is 60.5 Å². The molecular formula is C30H37N5O. The van der Waals surface area contributed by atoms with Crippen LogP contribution in [0.3, 0.4) is 0 Å². The Hall–Kier alpha value is -3.38. The lowest BCUT2D eigenvalue weighted by Crippen LogP contribution is -2.46. The first-order valence-electron chi connectivity index (χ1n) is 13.2. The first-order chi connectivity index (χ1) is 17.6. The van der Waals surface area contributed by atoms with Crippen LogP contribution < -0.4 is 15.5 Å². The number of anilines is 2. The highest BCUT2D eigenvalue weighted by molar-refractivity contribution is 5.89. The number of amides is 2. The van der Waals surface area contributed by atoms with Crippen LogP contribution >= 0.6 is 0 Å². The number of allylic oxidation sites excluding steroid dienone is 2. The minimum absolute atomic E-state index is 0.128. The highest BCUT2D eigenvalue weighted by atomic mass is 16.2. The predicted octanol–water partition coefficient (Wildman–Crippen LogP) is 5.87. The molecule has 0 unspecified atom stereocenters. The Morgan fingerprint density at radius 3 is 2.47 bits per heavy atom. The Bertz CT molecular complexity index is 1110. The monoisotopic (exact) mass is 483 g/mol. The average Bonchev–Trinajstić information content (AvgIpc) is 3.56. The SMILES string of the molecule is C=CC1=C(C=C)C2(CCN(C3CCCC3)CC2)CN1c1ccc(NC(=O)NCc2cccnc2)cc1. The van der Waals surface area contributed by atoms with Gasteiger partial charge in [0, 0.05) is 54.0 Å². The number of pyridine rings is 1. The first kappa shape index (κ1) is 24.3. The fourth-order valence-electron chi connectivity index (χ4n) is 6.26. The maximum atomic E-state index is 12.3. The standard InChI is InChI=1S/C30H37N5O/c1-3-27-28(4-2)35(22-30(27)15-18-34(19-16-30)25-9-5-6-10-25)26-13-11-24(12-14-26)33-29(36)32-21-23-8-7-17-31-20-23/h3-4,7-8,11-14,17,20,25H,1-2,5-6,9-10,15-16,18-19,21-22H2,(H2,32,33,36). The molecule has 3 aliphatic rings. The molecule has 1 aromatic carbocycles. The molecule has 1 spiro atoms. The number of likely N-dealkylation sites (tertiary alicyclic amines) is 1. The summed E-state index contributed by atoms with van der Waals surface area (Å²) in [5, 5.41) is 5.79. The third-order valence-electron chi connectivity index (χ3n) is 8.21. The average molecular weight is 484 g/mol. The summed E-state index contributed by atoms with van der Waals surface area (Å²) in [5.74, 6) is 0. The fraction of sp³-hybridized carbons (Fsp3) is 0.400. The lowest BCUT2D eigenvalue weighted by molar-refractivity contribution is 0.105. The van der Waals surface area contributed by atoms with Crippen molar-refractivity contribution in [1.82, 2.24) is 15.2 Å². The minimum Gasteiger partial charge on any atom is -0.340 e. The Morgan fingerprint density at radius 1 is 1.08 bits per heavy atom. The molecule has 2 N–H and O–H groups in total. The molecule has 1 saturated carbocycles. The second-order valence-electron chi connectivity index (χ2n) is 10.3. The number of carbonyl (C=O) groups is 1. The molecule has 0 bridgehead atoms. The van der Waals surface area contributed by atoms with Crippen LogP contribution in [-0.4, -0.2) is 41.6 Å². The second-order valence-corrected chi connectivity index (χ2v) is 10.3. The zero-order valence-electron chi connectivity index (χ0n) is 21.1. The molecule has 3 heterocycles. The molecule has 0 radical (unpaired) electrons. The number of urea groups is 1.